The normalized spacial score (nSPS) is 17.0. The molecule has 1 atom stereocenters. The van der Waals surface area contributed by atoms with E-state index in [0.717, 1.165) is 16.7 Å². The number of halogens is 2. The van der Waals surface area contributed by atoms with Crippen LogP contribution in [0.15, 0.2) is 47.7 Å². The Morgan fingerprint density at radius 1 is 1.04 bits per heavy atom. The Balaban J connectivity index is 2.28. The zero-order valence-electron chi connectivity index (χ0n) is 16.1. The van der Waals surface area contributed by atoms with Gasteiger partial charge in [0.2, 0.25) is 0 Å². The minimum atomic E-state index is -0.753. The molecule has 0 bridgehead atoms. The Hall–Kier alpha value is -2.30. The maximum atomic E-state index is 13.1. The molecule has 0 radical (unpaired) electrons. The molecule has 2 aromatic rings. The van der Waals surface area contributed by atoms with Crippen LogP contribution in [0.1, 0.15) is 36.6 Å². The monoisotopic (exact) mass is 417 g/mol. The number of carbonyl (C=O) groups excluding carboxylic acids is 2. The molecule has 28 heavy (non-hydrogen) atoms. The average Bonchev–Trinajstić information content (AvgIpc) is 2.87. The van der Waals surface area contributed by atoms with E-state index in [2.05, 4.69) is 0 Å². The SMILES string of the molecule is Cc1cc(Cl)ccc1C1C(C(=O)C(C)C)=C(O)C(=O)N1c1cc(Cl)ccc1C. The molecule has 2 aromatic carbocycles. The van der Waals surface area contributed by atoms with Crippen LogP contribution in [0, 0.1) is 19.8 Å². The number of nitrogens with zero attached hydrogens (tertiary/aromatic N) is 1. The molecule has 3 rings (SSSR count). The van der Waals surface area contributed by atoms with Gasteiger partial charge in [-0.3, -0.25) is 14.5 Å². The number of rotatable bonds is 4. The van der Waals surface area contributed by atoms with Crippen LogP contribution in [0.4, 0.5) is 5.69 Å². The van der Waals surface area contributed by atoms with Crippen LogP contribution >= 0.6 is 23.2 Å². The molecule has 0 saturated heterocycles. The molecule has 146 valence electrons. The van der Waals surface area contributed by atoms with Crippen molar-refractivity contribution in [3.63, 3.8) is 0 Å². The summed E-state index contributed by atoms with van der Waals surface area (Å²) < 4.78 is 0. The summed E-state index contributed by atoms with van der Waals surface area (Å²) in [7, 11) is 0. The molecule has 1 unspecified atom stereocenters. The molecule has 1 amide bonds. The van der Waals surface area contributed by atoms with E-state index in [0.29, 0.717) is 15.7 Å². The Labute approximate surface area is 174 Å². The lowest BCUT2D eigenvalue weighted by atomic mass is 9.89. The van der Waals surface area contributed by atoms with Gasteiger partial charge in [0.25, 0.3) is 5.91 Å². The third kappa shape index (κ3) is 3.43. The lowest BCUT2D eigenvalue weighted by Crippen LogP contribution is -2.32. The highest BCUT2D eigenvalue weighted by Crippen LogP contribution is 2.44. The first-order valence-electron chi connectivity index (χ1n) is 8.96. The van der Waals surface area contributed by atoms with Gasteiger partial charge >= 0.3 is 0 Å². The average molecular weight is 418 g/mol. The second-order valence-electron chi connectivity index (χ2n) is 7.29. The van der Waals surface area contributed by atoms with E-state index in [9.17, 15) is 14.7 Å². The van der Waals surface area contributed by atoms with Crippen LogP contribution in [-0.2, 0) is 9.59 Å². The van der Waals surface area contributed by atoms with E-state index in [1.165, 1.54) is 4.90 Å². The van der Waals surface area contributed by atoms with Gasteiger partial charge in [0.05, 0.1) is 11.6 Å². The van der Waals surface area contributed by atoms with Gasteiger partial charge < -0.3 is 5.11 Å². The van der Waals surface area contributed by atoms with Gasteiger partial charge in [-0.15, -0.1) is 0 Å². The van der Waals surface area contributed by atoms with Crippen molar-refractivity contribution in [2.24, 2.45) is 5.92 Å². The maximum absolute atomic E-state index is 13.1. The number of carbonyl (C=O) groups is 2. The number of ketones is 1. The highest BCUT2D eigenvalue weighted by Gasteiger charge is 2.45. The third-order valence-corrected chi connectivity index (χ3v) is 5.43. The van der Waals surface area contributed by atoms with E-state index in [1.807, 2.05) is 13.8 Å². The number of hydrogen-bond donors (Lipinski definition) is 1. The number of aryl methyl sites for hydroxylation is 2. The Morgan fingerprint density at radius 2 is 1.64 bits per heavy atom. The fourth-order valence-corrected chi connectivity index (χ4v) is 3.89. The third-order valence-electron chi connectivity index (χ3n) is 4.96. The summed E-state index contributed by atoms with van der Waals surface area (Å²) in [6, 6.07) is 9.73. The molecule has 0 fully saturated rings. The highest BCUT2D eigenvalue weighted by atomic mass is 35.5. The molecule has 0 aliphatic carbocycles. The van der Waals surface area contributed by atoms with Crippen LogP contribution in [0.2, 0.25) is 10.0 Å². The maximum Gasteiger partial charge on any atom is 0.294 e. The van der Waals surface area contributed by atoms with E-state index >= 15 is 0 Å². The number of aliphatic hydroxyl groups is 1. The number of benzene rings is 2. The molecule has 1 heterocycles. The Kier molecular flexibility index (Phi) is 5.55. The van der Waals surface area contributed by atoms with Gasteiger partial charge in [-0.1, -0.05) is 49.2 Å². The first-order chi connectivity index (χ1) is 13.1. The second kappa shape index (κ2) is 7.61. The van der Waals surface area contributed by atoms with Crippen molar-refractivity contribution < 1.29 is 14.7 Å². The molecule has 4 nitrogen and oxygen atoms in total. The summed E-state index contributed by atoms with van der Waals surface area (Å²) in [5, 5.41) is 11.7. The van der Waals surface area contributed by atoms with Crippen molar-refractivity contribution in [1.82, 2.24) is 0 Å². The van der Waals surface area contributed by atoms with Gasteiger partial charge in [0.15, 0.2) is 11.5 Å². The number of anilines is 1. The van der Waals surface area contributed by atoms with Crippen molar-refractivity contribution in [2.45, 2.75) is 33.7 Å². The quantitative estimate of drug-likeness (QED) is 0.689. The molecule has 1 N–H and O–H groups in total. The molecule has 0 aromatic heterocycles. The number of Topliss-reactive ketones (excluding diaryl/α,β-unsaturated/α-hetero) is 1. The molecule has 0 saturated carbocycles. The molecular formula is C22H21Cl2NO3. The largest absolute Gasteiger partial charge is 0.503 e. The van der Waals surface area contributed by atoms with E-state index < -0.39 is 17.7 Å². The Morgan fingerprint density at radius 3 is 2.25 bits per heavy atom. The summed E-state index contributed by atoms with van der Waals surface area (Å²) >= 11 is 12.3. The number of aliphatic hydroxyl groups excluding tert-OH is 1. The predicted octanol–water partition coefficient (Wildman–Crippen LogP) is 5.74. The Bertz CT molecular complexity index is 1010. The standard InChI is InChI=1S/C22H21Cl2NO3/c1-11(2)20(26)18-19(16-8-7-14(23)9-13(16)4)25(22(28)21(18)27)17-10-15(24)6-5-12(17)3/h5-11,19,27H,1-4H3. The van der Waals surface area contributed by atoms with Crippen LogP contribution in [0.3, 0.4) is 0 Å². The van der Waals surface area contributed by atoms with Crippen molar-refractivity contribution in [1.29, 1.82) is 0 Å². The highest BCUT2D eigenvalue weighted by molar-refractivity contribution is 6.31. The second-order valence-corrected chi connectivity index (χ2v) is 8.16. The molecule has 0 spiro atoms. The summed E-state index contributed by atoms with van der Waals surface area (Å²) in [5.41, 5.74) is 3.00. The van der Waals surface area contributed by atoms with Crippen LogP contribution in [0.25, 0.3) is 0 Å². The minimum absolute atomic E-state index is 0.102. The molecule has 1 aliphatic rings. The smallest absolute Gasteiger partial charge is 0.294 e. The van der Waals surface area contributed by atoms with Crippen molar-refractivity contribution >= 4 is 40.6 Å². The topological polar surface area (TPSA) is 57.6 Å². The zero-order valence-corrected chi connectivity index (χ0v) is 17.6. The van der Waals surface area contributed by atoms with E-state index in [4.69, 9.17) is 23.2 Å². The minimum Gasteiger partial charge on any atom is -0.503 e. The lowest BCUT2D eigenvalue weighted by Gasteiger charge is -2.29. The molecular weight excluding hydrogens is 397 g/mol. The van der Waals surface area contributed by atoms with Gasteiger partial charge in [0.1, 0.15) is 0 Å². The fourth-order valence-electron chi connectivity index (χ4n) is 3.50. The summed E-state index contributed by atoms with van der Waals surface area (Å²) in [4.78, 5) is 27.5. The summed E-state index contributed by atoms with van der Waals surface area (Å²) in [6.45, 7) is 7.20. The van der Waals surface area contributed by atoms with Gasteiger partial charge in [-0.25, -0.2) is 0 Å². The van der Waals surface area contributed by atoms with Gasteiger partial charge in [-0.05, 0) is 54.8 Å². The number of amides is 1. The van der Waals surface area contributed by atoms with Gasteiger partial charge in [0, 0.05) is 21.7 Å². The number of hydrogen-bond acceptors (Lipinski definition) is 3. The molecule has 6 heteroatoms. The van der Waals surface area contributed by atoms with E-state index in [-0.39, 0.29) is 17.3 Å². The van der Waals surface area contributed by atoms with Crippen molar-refractivity contribution in [3.05, 3.63) is 74.5 Å². The lowest BCUT2D eigenvalue weighted by molar-refractivity contribution is -0.119. The van der Waals surface area contributed by atoms with Crippen LogP contribution in [-0.4, -0.2) is 16.8 Å². The fraction of sp³-hybridized carbons (Fsp3) is 0.273. The molecule has 1 aliphatic heterocycles. The van der Waals surface area contributed by atoms with E-state index in [1.54, 1.807) is 50.2 Å². The van der Waals surface area contributed by atoms with Crippen LogP contribution < -0.4 is 4.90 Å². The van der Waals surface area contributed by atoms with Crippen molar-refractivity contribution in [3.8, 4) is 0 Å². The van der Waals surface area contributed by atoms with Gasteiger partial charge in [-0.2, -0.15) is 0 Å². The van der Waals surface area contributed by atoms with Crippen LogP contribution in [0.5, 0.6) is 0 Å². The first-order valence-corrected chi connectivity index (χ1v) is 9.72. The summed E-state index contributed by atoms with van der Waals surface area (Å²) in [6.07, 6.45) is 0. The predicted molar refractivity (Wildman–Crippen MR) is 112 cm³/mol. The first kappa shape index (κ1) is 20.4. The summed E-state index contributed by atoms with van der Waals surface area (Å²) in [5.74, 6) is -1.78. The van der Waals surface area contributed by atoms with Crippen molar-refractivity contribution in [2.75, 3.05) is 4.90 Å². The zero-order chi connectivity index (χ0) is 20.7.